The molecule has 2 aromatic carbocycles. The van der Waals surface area contributed by atoms with Crippen molar-refractivity contribution in [2.75, 3.05) is 26.2 Å². The molecule has 0 unspecified atom stereocenters. The molecule has 0 atom stereocenters. The Morgan fingerprint density at radius 3 is 2.32 bits per heavy atom. The molecule has 7 heteroatoms. The number of nitrogens with zero attached hydrogens (tertiary/aromatic N) is 2. The molecule has 0 radical (unpaired) electrons. The molecule has 0 aromatic heterocycles. The second-order valence-electron chi connectivity index (χ2n) is 6.68. The highest BCUT2D eigenvalue weighted by Crippen LogP contribution is 2.21. The van der Waals surface area contributed by atoms with Crippen LogP contribution in [0.1, 0.15) is 25.0 Å². The highest BCUT2D eigenvalue weighted by Gasteiger charge is 2.22. The number of fused-ring (bicyclic) bond motifs is 1. The van der Waals surface area contributed by atoms with Crippen molar-refractivity contribution in [3.8, 4) is 5.75 Å². The quantitative estimate of drug-likeness (QED) is 0.714. The van der Waals surface area contributed by atoms with E-state index in [4.69, 9.17) is 4.74 Å². The summed E-state index contributed by atoms with van der Waals surface area (Å²) in [5.41, 5.74) is 2.46. The van der Waals surface area contributed by atoms with E-state index in [1.807, 2.05) is 32.0 Å². The molecule has 0 fully saturated rings. The fourth-order valence-corrected chi connectivity index (χ4v) is 4.82. The van der Waals surface area contributed by atoms with Gasteiger partial charge in [0.05, 0.1) is 4.90 Å². The fourth-order valence-electron chi connectivity index (χ4n) is 3.37. The number of carbonyl (C=O) groups excluding carboxylic acids is 1. The third-order valence-corrected chi connectivity index (χ3v) is 7.08. The van der Waals surface area contributed by atoms with Gasteiger partial charge in [-0.3, -0.25) is 4.79 Å². The molecule has 6 nitrogen and oxygen atoms in total. The van der Waals surface area contributed by atoms with Crippen molar-refractivity contribution in [2.45, 2.75) is 31.7 Å². The summed E-state index contributed by atoms with van der Waals surface area (Å²) < 4.78 is 32.0. The molecule has 0 saturated heterocycles. The zero-order valence-electron chi connectivity index (χ0n) is 16.3. The summed E-state index contributed by atoms with van der Waals surface area (Å²) in [6, 6.07) is 14.4. The number of benzene rings is 2. The normalized spacial score (nSPS) is 14.0. The number of hydrogen-bond donors (Lipinski definition) is 0. The lowest BCUT2D eigenvalue weighted by molar-refractivity contribution is -0.134. The maximum Gasteiger partial charge on any atom is 0.260 e. The van der Waals surface area contributed by atoms with Crippen molar-refractivity contribution < 1.29 is 17.9 Å². The second-order valence-corrected chi connectivity index (χ2v) is 8.62. The largest absolute Gasteiger partial charge is 0.484 e. The Balaban J connectivity index is 1.59. The van der Waals surface area contributed by atoms with Crippen LogP contribution < -0.4 is 4.74 Å². The highest BCUT2D eigenvalue weighted by molar-refractivity contribution is 7.89. The molecule has 1 aliphatic heterocycles. The van der Waals surface area contributed by atoms with E-state index < -0.39 is 10.0 Å². The first-order valence-corrected chi connectivity index (χ1v) is 11.0. The Hall–Kier alpha value is -2.38. The maximum atomic E-state index is 12.5. The number of sulfonamides is 1. The average molecular weight is 403 g/mol. The smallest absolute Gasteiger partial charge is 0.260 e. The van der Waals surface area contributed by atoms with Gasteiger partial charge in [-0.25, -0.2) is 8.42 Å². The van der Waals surface area contributed by atoms with Gasteiger partial charge in [-0.2, -0.15) is 4.31 Å². The van der Waals surface area contributed by atoms with Crippen molar-refractivity contribution in [1.29, 1.82) is 0 Å². The first kappa shape index (κ1) is 20.4. The van der Waals surface area contributed by atoms with Crippen LogP contribution in [-0.4, -0.2) is 49.8 Å². The molecular weight excluding hydrogens is 376 g/mol. The molecule has 150 valence electrons. The van der Waals surface area contributed by atoms with Crippen molar-refractivity contribution in [1.82, 2.24) is 9.21 Å². The maximum absolute atomic E-state index is 12.5. The predicted octanol–water partition coefficient (Wildman–Crippen LogP) is 2.68. The molecule has 2 aromatic rings. The van der Waals surface area contributed by atoms with E-state index in [0.29, 0.717) is 31.9 Å². The number of amides is 1. The lowest BCUT2D eigenvalue weighted by Gasteiger charge is -2.28. The summed E-state index contributed by atoms with van der Waals surface area (Å²) in [5.74, 6) is 0.401. The molecule has 0 spiro atoms. The molecule has 3 rings (SSSR count). The minimum Gasteiger partial charge on any atom is -0.484 e. The van der Waals surface area contributed by atoms with Crippen molar-refractivity contribution >= 4 is 15.9 Å². The van der Waals surface area contributed by atoms with E-state index in [-0.39, 0.29) is 17.4 Å². The van der Waals surface area contributed by atoms with E-state index in [2.05, 4.69) is 6.07 Å². The van der Waals surface area contributed by atoms with Crippen LogP contribution in [0, 0.1) is 0 Å². The number of carbonyl (C=O) groups is 1. The van der Waals surface area contributed by atoms with E-state index in [1.165, 1.54) is 27.6 Å². The number of hydrogen-bond acceptors (Lipinski definition) is 4. The summed E-state index contributed by atoms with van der Waals surface area (Å²) in [6.07, 6.45) is 0.847. The zero-order valence-corrected chi connectivity index (χ0v) is 17.1. The zero-order chi connectivity index (χ0) is 20.1. The van der Waals surface area contributed by atoms with Crippen molar-refractivity contribution in [3.63, 3.8) is 0 Å². The third kappa shape index (κ3) is 4.36. The summed E-state index contributed by atoms with van der Waals surface area (Å²) in [4.78, 5) is 14.5. The van der Waals surface area contributed by atoms with Gasteiger partial charge in [0.2, 0.25) is 10.0 Å². The van der Waals surface area contributed by atoms with Crippen molar-refractivity contribution in [3.05, 3.63) is 59.7 Å². The van der Waals surface area contributed by atoms with Crippen LogP contribution in [-0.2, 0) is 27.8 Å². The first-order valence-electron chi connectivity index (χ1n) is 9.53. The topological polar surface area (TPSA) is 66.9 Å². The van der Waals surface area contributed by atoms with Gasteiger partial charge in [0.15, 0.2) is 6.61 Å². The van der Waals surface area contributed by atoms with Gasteiger partial charge >= 0.3 is 0 Å². The monoisotopic (exact) mass is 402 g/mol. The highest BCUT2D eigenvalue weighted by atomic mass is 32.2. The Labute approximate surface area is 166 Å². The lowest BCUT2D eigenvalue weighted by Crippen LogP contribution is -2.38. The molecule has 28 heavy (non-hydrogen) atoms. The standard InChI is InChI=1S/C21H26N2O4S/c1-3-23(4-2)28(25,26)20-11-9-19(10-12-20)27-16-21(24)22-14-13-17-7-5-6-8-18(17)15-22/h5-12H,3-4,13-16H2,1-2H3. The van der Waals surface area contributed by atoms with Gasteiger partial charge < -0.3 is 9.64 Å². The van der Waals surface area contributed by atoms with Gasteiger partial charge in [-0.1, -0.05) is 38.1 Å². The van der Waals surface area contributed by atoms with E-state index >= 15 is 0 Å². The van der Waals surface area contributed by atoms with Gasteiger partial charge in [0.1, 0.15) is 5.75 Å². The molecule has 0 saturated carbocycles. The molecular formula is C21H26N2O4S. The Bertz CT molecular complexity index is 922. The summed E-state index contributed by atoms with van der Waals surface area (Å²) in [7, 11) is -3.49. The summed E-state index contributed by atoms with van der Waals surface area (Å²) >= 11 is 0. The molecule has 1 aliphatic rings. The Kier molecular flexibility index (Phi) is 6.36. The second kappa shape index (κ2) is 8.75. The summed E-state index contributed by atoms with van der Waals surface area (Å²) in [5, 5.41) is 0. The minimum absolute atomic E-state index is 0.0652. The van der Waals surface area contributed by atoms with Crippen LogP contribution in [0.15, 0.2) is 53.4 Å². The molecule has 1 heterocycles. The van der Waals surface area contributed by atoms with Crippen LogP contribution in [0.4, 0.5) is 0 Å². The average Bonchev–Trinajstić information content (AvgIpc) is 2.72. The Morgan fingerprint density at radius 1 is 1.04 bits per heavy atom. The van der Waals surface area contributed by atoms with Gasteiger partial charge in [-0.05, 0) is 41.8 Å². The predicted molar refractivity (Wildman–Crippen MR) is 108 cm³/mol. The molecule has 0 aliphatic carbocycles. The van der Waals surface area contributed by atoms with E-state index in [1.54, 1.807) is 17.0 Å². The molecule has 0 N–H and O–H groups in total. The number of ether oxygens (including phenoxy) is 1. The van der Waals surface area contributed by atoms with Gasteiger partial charge in [0, 0.05) is 26.2 Å². The molecule has 0 bridgehead atoms. The minimum atomic E-state index is -3.49. The number of rotatable bonds is 7. The fraction of sp³-hybridized carbons (Fsp3) is 0.381. The van der Waals surface area contributed by atoms with Crippen LogP contribution in [0.2, 0.25) is 0 Å². The summed E-state index contributed by atoms with van der Waals surface area (Å²) in [6.45, 7) is 5.67. The third-order valence-electron chi connectivity index (χ3n) is 5.01. The van der Waals surface area contributed by atoms with Crippen molar-refractivity contribution in [2.24, 2.45) is 0 Å². The lowest BCUT2D eigenvalue weighted by atomic mass is 10.00. The van der Waals surface area contributed by atoms with Gasteiger partial charge in [0.25, 0.3) is 5.91 Å². The Morgan fingerprint density at radius 2 is 1.68 bits per heavy atom. The van der Waals surface area contributed by atoms with Crippen LogP contribution in [0.3, 0.4) is 0 Å². The SMILES string of the molecule is CCN(CC)S(=O)(=O)c1ccc(OCC(=O)N2CCc3ccccc3C2)cc1. The van der Waals surface area contributed by atoms with Crippen LogP contribution in [0.5, 0.6) is 5.75 Å². The van der Waals surface area contributed by atoms with Gasteiger partial charge in [-0.15, -0.1) is 0 Å². The molecule has 1 amide bonds. The first-order chi connectivity index (χ1) is 13.5. The van der Waals surface area contributed by atoms with E-state index in [0.717, 1.165) is 6.42 Å². The van der Waals surface area contributed by atoms with Crippen LogP contribution >= 0.6 is 0 Å². The van der Waals surface area contributed by atoms with E-state index in [9.17, 15) is 13.2 Å². The van der Waals surface area contributed by atoms with Crippen LogP contribution in [0.25, 0.3) is 0 Å².